The number of aromatic nitrogens is 2. The molecule has 0 saturated carbocycles. The molecule has 0 aliphatic heterocycles. The molecule has 1 heterocycles. The molecule has 7 rings (SSSR count). The summed E-state index contributed by atoms with van der Waals surface area (Å²) >= 11 is 0. The molecule has 0 unspecified atom stereocenters. The van der Waals surface area contributed by atoms with E-state index in [9.17, 15) is 0 Å². The maximum atomic E-state index is 6.26. The summed E-state index contributed by atoms with van der Waals surface area (Å²) in [7, 11) is 0. The number of allylic oxidation sites excluding steroid dienone is 3. The van der Waals surface area contributed by atoms with Crippen LogP contribution in [0.3, 0.4) is 0 Å². The average Bonchev–Trinajstić information content (AvgIpc) is 3.19. The van der Waals surface area contributed by atoms with Crippen LogP contribution in [-0.2, 0) is 0 Å². The molecule has 1 aliphatic carbocycles. The van der Waals surface area contributed by atoms with E-state index < -0.39 is 0 Å². The molecule has 10 nitrogen and oxygen atoms in total. The number of quaternary nitrogens is 1. The van der Waals surface area contributed by atoms with Crippen LogP contribution in [0.5, 0.6) is 0 Å². The molecule has 1 aromatic heterocycles. The second-order valence-corrected chi connectivity index (χ2v) is 14.7. The van der Waals surface area contributed by atoms with Crippen molar-refractivity contribution in [1.82, 2.24) is 10.3 Å². The maximum Gasteiger partial charge on any atom is 0.239 e. The quantitative estimate of drug-likeness (QED) is 0.0240. The number of aliphatic imine (C=N–C) groups is 1. The molecule has 0 radical (unpaired) electrons. The molecule has 12 N–H and O–H groups in total. The lowest BCUT2D eigenvalue weighted by molar-refractivity contribution is -0.538. The van der Waals surface area contributed by atoms with Crippen molar-refractivity contribution in [2.24, 2.45) is 4.99 Å². The number of benzene rings is 5. The van der Waals surface area contributed by atoms with E-state index in [0.29, 0.717) is 22.7 Å². The maximum absolute atomic E-state index is 6.26. The largest absolute Gasteiger partial charge is 0.397 e. The van der Waals surface area contributed by atoms with Gasteiger partial charge < -0.3 is 33.6 Å². The number of nitrogens with zero attached hydrogens (tertiary/aromatic N) is 3. The van der Waals surface area contributed by atoms with Crippen LogP contribution >= 0.6 is 0 Å². The van der Waals surface area contributed by atoms with Crippen molar-refractivity contribution in [2.45, 2.75) is 58.8 Å². The fourth-order valence-electron chi connectivity index (χ4n) is 7.31. The molecule has 0 spiro atoms. The predicted octanol–water partition coefficient (Wildman–Crippen LogP) is 8.18. The van der Waals surface area contributed by atoms with Gasteiger partial charge in [0.25, 0.3) is 0 Å². The van der Waals surface area contributed by atoms with Crippen LogP contribution < -0.4 is 43.5 Å². The molecule has 56 heavy (non-hydrogen) atoms. The van der Waals surface area contributed by atoms with Crippen molar-refractivity contribution in [3.05, 3.63) is 126 Å². The van der Waals surface area contributed by atoms with Gasteiger partial charge >= 0.3 is 0 Å². The highest BCUT2D eigenvalue weighted by Crippen LogP contribution is 2.31. The first-order chi connectivity index (χ1) is 27.2. The highest BCUT2D eigenvalue weighted by atomic mass is 15.0. The normalized spacial score (nSPS) is 13.6. The van der Waals surface area contributed by atoms with Crippen LogP contribution in [0, 0.1) is 6.92 Å². The molecular formula is C46H54N10+2. The highest BCUT2D eigenvalue weighted by molar-refractivity contribution is 6.01. The van der Waals surface area contributed by atoms with Gasteiger partial charge in [-0.1, -0.05) is 68.2 Å². The van der Waals surface area contributed by atoms with Crippen LogP contribution in [0.1, 0.15) is 57.4 Å². The molecule has 0 bridgehead atoms. The Labute approximate surface area is 329 Å². The van der Waals surface area contributed by atoms with Crippen molar-refractivity contribution in [1.29, 1.82) is 0 Å². The van der Waals surface area contributed by atoms with Gasteiger partial charge in [-0.3, -0.25) is 5.32 Å². The number of fused-ring (bicyclic) bond motifs is 2. The second-order valence-electron chi connectivity index (χ2n) is 14.7. The summed E-state index contributed by atoms with van der Waals surface area (Å²) in [6.45, 7) is 6.16. The van der Waals surface area contributed by atoms with Crippen LogP contribution in [0.2, 0.25) is 0 Å². The van der Waals surface area contributed by atoms with Gasteiger partial charge in [0, 0.05) is 66.9 Å². The van der Waals surface area contributed by atoms with Gasteiger partial charge in [-0.25, -0.2) is 9.98 Å². The van der Waals surface area contributed by atoms with Gasteiger partial charge in [-0.2, -0.15) is 0 Å². The zero-order chi connectivity index (χ0) is 39.0. The van der Waals surface area contributed by atoms with E-state index in [2.05, 4.69) is 82.9 Å². The molecule has 10 heteroatoms. The molecule has 0 atom stereocenters. The molecule has 0 amide bonds. The number of anilines is 5. The zero-order valence-corrected chi connectivity index (χ0v) is 32.5. The SMILES string of the molecule is CC1=CC(=Nc2cc(N)c(N)cc2[NH2+]c2ccccc2)CC=C1NCCCCCCCCNc1cc2c(cc1C)nc1cc(N)c(N)cc1[n+]2-c1ccccc1. The Balaban J connectivity index is 0.863. The highest BCUT2D eigenvalue weighted by Gasteiger charge is 2.22. The minimum absolute atomic E-state index is 0.539. The first kappa shape index (κ1) is 37.9. The van der Waals surface area contributed by atoms with E-state index in [1.165, 1.54) is 42.5 Å². The third-order valence-corrected chi connectivity index (χ3v) is 10.4. The van der Waals surface area contributed by atoms with Gasteiger partial charge in [-0.05, 0) is 74.2 Å². The first-order valence-corrected chi connectivity index (χ1v) is 19.7. The standard InChI is InChI=1S/C46H52N10/c1-30-23-33(54-42-26-36(48)35(47)25-41(42)53-32-15-9-7-10-16-32)19-20-39(30)51-21-13-5-3-4-6-14-22-52-40-29-46-43(24-31(40)2)55-44-27-37(49)38(50)28-45(44)56(46)34-17-11-8-12-18-34/h7-12,15-18,20,23-29,51H,3-6,13-14,19,21-22H2,1-2H3,(H9,47,48,49,50,52,53,55)/p+2. The number of aryl methyl sites for hydroxylation is 1. The number of nitrogen functional groups attached to an aromatic ring is 4. The third kappa shape index (κ3) is 8.93. The number of unbranched alkanes of at least 4 members (excludes halogenated alkanes) is 5. The Morgan fingerprint density at radius 2 is 1.29 bits per heavy atom. The molecule has 0 saturated heterocycles. The average molecular weight is 747 g/mol. The smallest absolute Gasteiger partial charge is 0.239 e. The fourth-order valence-corrected chi connectivity index (χ4v) is 7.31. The number of nitrogens with one attached hydrogen (secondary N) is 2. The van der Waals surface area contributed by atoms with E-state index >= 15 is 0 Å². The summed E-state index contributed by atoms with van der Waals surface area (Å²) in [5.74, 6) is 0. The summed E-state index contributed by atoms with van der Waals surface area (Å²) in [5, 5.41) is 9.46. The summed E-state index contributed by atoms with van der Waals surface area (Å²) in [4.78, 5) is 9.98. The van der Waals surface area contributed by atoms with Crippen molar-refractivity contribution < 1.29 is 9.88 Å². The van der Waals surface area contributed by atoms with Crippen LogP contribution in [0.25, 0.3) is 27.8 Å². The van der Waals surface area contributed by atoms with E-state index in [1.807, 2.05) is 60.7 Å². The molecule has 5 aromatic carbocycles. The summed E-state index contributed by atoms with van der Waals surface area (Å²) < 4.78 is 2.22. The number of hydrogen-bond acceptors (Lipinski definition) is 8. The third-order valence-electron chi connectivity index (χ3n) is 10.4. The van der Waals surface area contributed by atoms with Crippen molar-refractivity contribution >= 4 is 73.3 Å². The molecule has 6 aromatic rings. The van der Waals surface area contributed by atoms with Crippen molar-refractivity contribution in [2.75, 3.05) is 41.3 Å². The summed E-state index contributed by atoms with van der Waals surface area (Å²) in [5.41, 5.74) is 40.2. The number of para-hydroxylation sites is 2. The van der Waals surface area contributed by atoms with Gasteiger partial charge in [0.05, 0.1) is 22.7 Å². The predicted molar refractivity (Wildman–Crippen MR) is 235 cm³/mol. The fraction of sp³-hybridized carbons (Fsp3) is 0.239. The van der Waals surface area contributed by atoms with E-state index in [1.54, 1.807) is 0 Å². The van der Waals surface area contributed by atoms with Crippen LogP contribution in [-0.4, -0.2) is 23.8 Å². The van der Waals surface area contributed by atoms with E-state index in [4.69, 9.17) is 32.9 Å². The minimum Gasteiger partial charge on any atom is -0.397 e. The number of nitrogens with two attached hydrogens (primary N) is 5. The Kier molecular flexibility index (Phi) is 11.8. The molecule has 0 fully saturated rings. The van der Waals surface area contributed by atoms with Crippen molar-refractivity contribution in [3.63, 3.8) is 0 Å². The summed E-state index contributed by atoms with van der Waals surface area (Å²) in [6, 6.07) is 32.5. The Morgan fingerprint density at radius 1 is 0.679 bits per heavy atom. The Bertz CT molecular complexity index is 2440. The topological polar surface area (TPSA) is 174 Å². The number of rotatable bonds is 15. The van der Waals surface area contributed by atoms with Crippen LogP contribution in [0.15, 0.2) is 125 Å². The lowest BCUT2D eigenvalue weighted by Gasteiger charge is -2.17. The van der Waals surface area contributed by atoms with Gasteiger partial charge in [0.15, 0.2) is 5.69 Å². The Hall–Kier alpha value is -6.39. The lowest BCUT2D eigenvalue weighted by atomic mass is 10.0. The summed E-state index contributed by atoms with van der Waals surface area (Å²) in [6.07, 6.45) is 12.3. The number of hydrogen-bond donors (Lipinski definition) is 7. The van der Waals surface area contributed by atoms with Crippen LogP contribution in [0.4, 0.5) is 45.5 Å². The molecule has 286 valence electrons. The lowest BCUT2D eigenvalue weighted by Crippen LogP contribution is -2.71. The molecule has 1 aliphatic rings. The van der Waals surface area contributed by atoms with E-state index in [0.717, 1.165) is 88.6 Å². The van der Waals surface area contributed by atoms with E-state index in [-0.39, 0.29) is 0 Å². The van der Waals surface area contributed by atoms with Gasteiger partial charge in [-0.15, -0.1) is 4.57 Å². The van der Waals surface area contributed by atoms with Gasteiger partial charge in [0.1, 0.15) is 22.4 Å². The molecular weight excluding hydrogens is 693 g/mol. The Morgan fingerprint density at radius 3 is 2.02 bits per heavy atom. The van der Waals surface area contributed by atoms with Gasteiger partial charge in [0.2, 0.25) is 16.7 Å². The monoisotopic (exact) mass is 746 g/mol. The zero-order valence-electron chi connectivity index (χ0n) is 32.5. The first-order valence-electron chi connectivity index (χ1n) is 19.7. The second kappa shape index (κ2) is 17.4. The van der Waals surface area contributed by atoms with Crippen molar-refractivity contribution in [3.8, 4) is 5.69 Å². The minimum atomic E-state index is 0.539.